The van der Waals surface area contributed by atoms with Gasteiger partial charge in [0.2, 0.25) is 0 Å². The molecule has 8 nitrogen and oxygen atoms in total. The molecule has 3 aromatic rings. The first kappa shape index (κ1) is 19.2. The lowest BCUT2D eigenvalue weighted by Gasteiger charge is -2.29. The van der Waals surface area contributed by atoms with Gasteiger partial charge in [0.25, 0.3) is 0 Å². The number of morpholine rings is 1. The number of nitrogens with zero attached hydrogens (tertiary/aromatic N) is 4. The lowest BCUT2D eigenvalue weighted by Crippen LogP contribution is -2.36. The molecule has 1 unspecified atom stereocenters. The molecule has 8 heteroatoms. The number of aromatic nitrogens is 3. The van der Waals surface area contributed by atoms with Crippen molar-refractivity contribution in [1.82, 2.24) is 20.3 Å². The third-order valence-electron chi connectivity index (χ3n) is 5.44. The van der Waals surface area contributed by atoms with Crippen molar-refractivity contribution in [1.29, 1.82) is 0 Å². The van der Waals surface area contributed by atoms with E-state index in [4.69, 9.17) is 9.72 Å². The molecule has 2 aliphatic heterocycles. The van der Waals surface area contributed by atoms with Crippen molar-refractivity contribution in [2.75, 3.05) is 36.5 Å². The van der Waals surface area contributed by atoms with Gasteiger partial charge in [0.15, 0.2) is 0 Å². The SMILES string of the molecule is O=CC1NC=Cc2cc(-c3cncnc3)nc(Nc3ccc(N4CCOCC4)cc3)c21. The maximum absolute atomic E-state index is 11.7. The molecule has 1 atom stereocenters. The number of nitrogens with one attached hydrogen (secondary N) is 2. The molecular formula is C23H22N6O2. The molecule has 1 aromatic carbocycles. The summed E-state index contributed by atoms with van der Waals surface area (Å²) in [5.41, 5.74) is 5.35. The highest BCUT2D eigenvalue weighted by molar-refractivity contribution is 5.80. The standard InChI is InChI=1S/C23H22N6O2/c30-14-21-22-16(5-6-26-21)11-20(17-12-24-15-25-13-17)28-23(22)27-18-1-3-19(4-2-18)29-7-9-31-10-8-29/h1-6,11-15,21,26H,7-10H2,(H,27,28). The van der Waals surface area contributed by atoms with Gasteiger partial charge in [-0.1, -0.05) is 0 Å². The highest BCUT2D eigenvalue weighted by atomic mass is 16.5. The van der Waals surface area contributed by atoms with Gasteiger partial charge in [-0.2, -0.15) is 0 Å². The van der Waals surface area contributed by atoms with Crippen LogP contribution in [0.25, 0.3) is 17.3 Å². The zero-order chi connectivity index (χ0) is 21.0. The fourth-order valence-electron chi connectivity index (χ4n) is 3.86. The van der Waals surface area contributed by atoms with Crippen molar-refractivity contribution in [3.8, 4) is 11.3 Å². The predicted octanol–water partition coefficient (Wildman–Crippen LogP) is 2.93. The Bertz CT molecular complexity index is 1100. The molecule has 2 aromatic heterocycles. The zero-order valence-electron chi connectivity index (χ0n) is 16.9. The van der Waals surface area contributed by atoms with E-state index in [1.165, 1.54) is 6.33 Å². The summed E-state index contributed by atoms with van der Waals surface area (Å²) in [6.45, 7) is 3.28. The molecule has 5 rings (SSSR count). The third kappa shape index (κ3) is 3.97. The van der Waals surface area contributed by atoms with Crippen molar-refractivity contribution in [3.05, 3.63) is 66.4 Å². The number of rotatable bonds is 5. The number of ether oxygens (including phenoxy) is 1. The van der Waals surface area contributed by atoms with E-state index in [9.17, 15) is 4.79 Å². The summed E-state index contributed by atoms with van der Waals surface area (Å²) in [6, 6.07) is 9.71. The number of carbonyl (C=O) groups excluding carboxylic acids is 1. The molecule has 1 fully saturated rings. The Balaban J connectivity index is 1.50. The van der Waals surface area contributed by atoms with Crippen LogP contribution in [-0.4, -0.2) is 47.5 Å². The summed E-state index contributed by atoms with van der Waals surface area (Å²) in [6.07, 6.45) is 9.56. The molecule has 2 N–H and O–H groups in total. The van der Waals surface area contributed by atoms with Crippen LogP contribution in [-0.2, 0) is 9.53 Å². The van der Waals surface area contributed by atoms with Crippen LogP contribution in [0, 0.1) is 0 Å². The van der Waals surface area contributed by atoms with Crippen LogP contribution in [0.5, 0.6) is 0 Å². The van der Waals surface area contributed by atoms with Crippen LogP contribution in [0.4, 0.5) is 17.2 Å². The lowest BCUT2D eigenvalue weighted by atomic mass is 9.97. The summed E-state index contributed by atoms with van der Waals surface area (Å²) in [4.78, 5) is 27.0. The van der Waals surface area contributed by atoms with Gasteiger partial charge in [0.1, 0.15) is 24.5 Å². The third-order valence-corrected chi connectivity index (χ3v) is 5.44. The zero-order valence-corrected chi connectivity index (χ0v) is 16.9. The normalized spacial score (nSPS) is 17.5. The highest BCUT2D eigenvalue weighted by Gasteiger charge is 2.23. The van der Waals surface area contributed by atoms with Gasteiger partial charge in [-0.25, -0.2) is 15.0 Å². The van der Waals surface area contributed by atoms with Crippen molar-refractivity contribution in [2.45, 2.75) is 6.04 Å². The Kier molecular flexibility index (Phi) is 5.28. The van der Waals surface area contributed by atoms with Gasteiger partial charge in [0.05, 0.1) is 18.9 Å². The fourth-order valence-corrected chi connectivity index (χ4v) is 3.86. The first-order valence-corrected chi connectivity index (χ1v) is 10.2. The van der Waals surface area contributed by atoms with E-state index in [-0.39, 0.29) is 0 Å². The minimum Gasteiger partial charge on any atom is -0.378 e. The molecule has 2 aliphatic rings. The first-order valence-electron chi connectivity index (χ1n) is 10.2. The molecular weight excluding hydrogens is 392 g/mol. The first-order chi connectivity index (χ1) is 15.3. The number of fused-ring (bicyclic) bond motifs is 1. The van der Waals surface area contributed by atoms with E-state index in [1.54, 1.807) is 18.6 Å². The van der Waals surface area contributed by atoms with Gasteiger partial charge < -0.3 is 25.1 Å². The molecule has 156 valence electrons. The van der Waals surface area contributed by atoms with Crippen LogP contribution in [0.15, 0.2) is 55.3 Å². The highest BCUT2D eigenvalue weighted by Crippen LogP contribution is 2.34. The number of benzene rings is 1. The fraction of sp³-hybridized carbons (Fsp3) is 0.217. The van der Waals surface area contributed by atoms with Gasteiger partial charge in [0, 0.05) is 48.0 Å². The summed E-state index contributed by atoms with van der Waals surface area (Å²) in [7, 11) is 0. The topological polar surface area (TPSA) is 92.3 Å². The van der Waals surface area contributed by atoms with Crippen LogP contribution in [0.1, 0.15) is 17.2 Å². The quantitative estimate of drug-likeness (QED) is 0.616. The summed E-state index contributed by atoms with van der Waals surface area (Å²) >= 11 is 0. The molecule has 0 radical (unpaired) electrons. The summed E-state index contributed by atoms with van der Waals surface area (Å²) in [5.74, 6) is 0.629. The van der Waals surface area contributed by atoms with E-state index >= 15 is 0 Å². The molecule has 0 bridgehead atoms. The molecule has 1 saturated heterocycles. The predicted molar refractivity (Wildman–Crippen MR) is 119 cm³/mol. The Hall–Kier alpha value is -3.78. The van der Waals surface area contributed by atoms with Crippen molar-refractivity contribution >= 4 is 29.6 Å². The molecule has 0 spiro atoms. The number of carbonyl (C=O) groups is 1. The van der Waals surface area contributed by atoms with Crippen LogP contribution >= 0.6 is 0 Å². The Morgan fingerprint density at radius 2 is 1.90 bits per heavy atom. The van der Waals surface area contributed by atoms with Crippen molar-refractivity contribution in [3.63, 3.8) is 0 Å². The van der Waals surface area contributed by atoms with Gasteiger partial charge in [-0.3, -0.25) is 0 Å². The Morgan fingerprint density at radius 3 is 2.65 bits per heavy atom. The Labute approximate surface area is 180 Å². The van der Waals surface area contributed by atoms with Gasteiger partial charge in [-0.15, -0.1) is 0 Å². The number of hydrogen-bond acceptors (Lipinski definition) is 8. The number of pyridine rings is 1. The van der Waals surface area contributed by atoms with E-state index in [0.29, 0.717) is 5.82 Å². The molecule has 31 heavy (non-hydrogen) atoms. The Morgan fingerprint density at radius 1 is 1.13 bits per heavy atom. The van der Waals surface area contributed by atoms with Crippen LogP contribution in [0.2, 0.25) is 0 Å². The number of hydrogen-bond donors (Lipinski definition) is 2. The van der Waals surface area contributed by atoms with Crippen LogP contribution < -0.4 is 15.5 Å². The minimum atomic E-state index is -0.469. The second-order valence-electron chi connectivity index (χ2n) is 7.37. The largest absolute Gasteiger partial charge is 0.378 e. The second-order valence-corrected chi connectivity index (χ2v) is 7.37. The van der Waals surface area contributed by atoms with E-state index in [2.05, 4.69) is 37.6 Å². The van der Waals surface area contributed by atoms with Crippen LogP contribution in [0.3, 0.4) is 0 Å². The molecule has 0 aliphatic carbocycles. The minimum absolute atomic E-state index is 0.469. The average Bonchev–Trinajstić information content (AvgIpc) is 2.85. The van der Waals surface area contributed by atoms with E-state index in [0.717, 1.165) is 66.3 Å². The van der Waals surface area contributed by atoms with Gasteiger partial charge >= 0.3 is 0 Å². The summed E-state index contributed by atoms with van der Waals surface area (Å²) in [5, 5.41) is 6.50. The summed E-state index contributed by atoms with van der Waals surface area (Å²) < 4.78 is 5.43. The van der Waals surface area contributed by atoms with Gasteiger partial charge in [-0.05, 0) is 48.2 Å². The van der Waals surface area contributed by atoms with E-state index < -0.39 is 6.04 Å². The molecule has 0 saturated carbocycles. The number of anilines is 3. The van der Waals surface area contributed by atoms with Crippen molar-refractivity contribution < 1.29 is 9.53 Å². The smallest absolute Gasteiger partial charge is 0.146 e. The van der Waals surface area contributed by atoms with E-state index in [1.807, 2.05) is 24.3 Å². The van der Waals surface area contributed by atoms with Crippen molar-refractivity contribution in [2.24, 2.45) is 0 Å². The maximum Gasteiger partial charge on any atom is 0.146 e. The lowest BCUT2D eigenvalue weighted by molar-refractivity contribution is -0.109. The molecule has 0 amide bonds. The monoisotopic (exact) mass is 414 g/mol. The average molecular weight is 414 g/mol. The molecule has 4 heterocycles. The maximum atomic E-state index is 11.7. The second kappa shape index (κ2) is 8.53. The number of aldehydes is 1.